The Morgan fingerprint density at radius 3 is 2.75 bits per heavy atom. The van der Waals surface area contributed by atoms with Gasteiger partial charge in [-0.3, -0.25) is 0 Å². The Hall–Kier alpha value is -0.810. The average Bonchev–Trinajstić information content (AvgIpc) is 2.34. The van der Waals surface area contributed by atoms with Crippen LogP contribution in [0.25, 0.3) is 0 Å². The quantitative estimate of drug-likeness (QED) is 0.607. The zero-order chi connectivity index (χ0) is 9.14. The van der Waals surface area contributed by atoms with Crippen LogP contribution in [-0.2, 0) is 4.74 Å². The molecule has 70 valence electrons. The summed E-state index contributed by atoms with van der Waals surface area (Å²) < 4.78 is 5.14. The molecule has 1 fully saturated rings. The normalized spacial score (nSPS) is 29.3. The van der Waals surface area contributed by atoms with Crippen LogP contribution < -0.4 is 0 Å². The number of ether oxygens (including phenoxy) is 1. The number of carboxylic acid groups (broad SMARTS) is 1. The van der Waals surface area contributed by atoms with Crippen LogP contribution in [-0.4, -0.2) is 53.1 Å². The summed E-state index contributed by atoms with van der Waals surface area (Å²) in [5.74, 6) is 0. The largest absolute Gasteiger partial charge is 0.465 e. The van der Waals surface area contributed by atoms with Crippen LogP contribution in [0.3, 0.4) is 0 Å². The first-order valence-electron chi connectivity index (χ1n) is 3.92. The summed E-state index contributed by atoms with van der Waals surface area (Å²) in [6.07, 6.45) is -2.04. The molecule has 1 heterocycles. The Balaban J connectivity index is 2.44. The summed E-state index contributed by atoms with van der Waals surface area (Å²) in [5, 5.41) is 17.9. The Labute approximate surface area is 70.5 Å². The van der Waals surface area contributed by atoms with E-state index in [9.17, 15) is 9.90 Å². The first-order valence-corrected chi connectivity index (χ1v) is 3.92. The van der Waals surface area contributed by atoms with E-state index < -0.39 is 12.2 Å². The number of nitrogens with zero attached hydrogens (tertiary/aromatic N) is 1. The summed E-state index contributed by atoms with van der Waals surface area (Å²) in [6, 6.07) is 0. The number of aliphatic hydroxyl groups is 1. The van der Waals surface area contributed by atoms with Crippen molar-refractivity contribution in [3.63, 3.8) is 0 Å². The van der Waals surface area contributed by atoms with Crippen LogP contribution >= 0.6 is 0 Å². The molecule has 5 nitrogen and oxygen atoms in total. The highest BCUT2D eigenvalue weighted by molar-refractivity contribution is 5.65. The topological polar surface area (TPSA) is 70.0 Å². The number of hydrogen-bond acceptors (Lipinski definition) is 3. The van der Waals surface area contributed by atoms with Gasteiger partial charge in [-0.25, -0.2) is 4.79 Å². The lowest BCUT2D eigenvalue weighted by molar-refractivity contribution is -0.00236. The van der Waals surface area contributed by atoms with Crippen molar-refractivity contribution in [2.75, 3.05) is 19.7 Å². The zero-order valence-corrected chi connectivity index (χ0v) is 6.93. The highest BCUT2D eigenvalue weighted by Gasteiger charge is 2.34. The van der Waals surface area contributed by atoms with Crippen LogP contribution in [0.5, 0.6) is 0 Å². The second-order valence-corrected chi connectivity index (χ2v) is 2.75. The molecule has 1 aliphatic heterocycles. The fourth-order valence-electron chi connectivity index (χ4n) is 1.29. The minimum Gasteiger partial charge on any atom is -0.465 e. The summed E-state index contributed by atoms with van der Waals surface area (Å²) in [5.41, 5.74) is 0. The molecule has 2 N–H and O–H groups in total. The van der Waals surface area contributed by atoms with Crippen LogP contribution in [0.4, 0.5) is 4.79 Å². The lowest BCUT2D eigenvalue weighted by Gasteiger charge is -2.12. The van der Waals surface area contributed by atoms with Gasteiger partial charge in [-0.1, -0.05) is 0 Å². The van der Waals surface area contributed by atoms with E-state index in [1.54, 1.807) is 0 Å². The smallest absolute Gasteiger partial charge is 0.407 e. The summed E-state index contributed by atoms with van der Waals surface area (Å²) in [7, 11) is 0. The minimum absolute atomic E-state index is 0.153. The van der Waals surface area contributed by atoms with E-state index in [4.69, 9.17) is 9.84 Å². The number of aliphatic hydroxyl groups excluding tert-OH is 1. The van der Waals surface area contributed by atoms with Crippen LogP contribution in [0.1, 0.15) is 6.92 Å². The Morgan fingerprint density at radius 1 is 1.67 bits per heavy atom. The zero-order valence-electron chi connectivity index (χ0n) is 6.93. The molecule has 0 aromatic heterocycles. The molecule has 1 saturated heterocycles. The summed E-state index contributed by atoms with van der Waals surface area (Å²) in [4.78, 5) is 11.6. The lowest BCUT2D eigenvalue weighted by Crippen LogP contribution is -2.28. The first-order chi connectivity index (χ1) is 5.65. The number of β-amino-alcohol motifs (C(OH)–C–C–N with tert-alkyl or cyclic N) is 1. The van der Waals surface area contributed by atoms with Gasteiger partial charge in [0.05, 0.1) is 19.2 Å². The van der Waals surface area contributed by atoms with E-state index in [0.29, 0.717) is 6.61 Å². The molecule has 0 bridgehead atoms. The van der Waals surface area contributed by atoms with E-state index in [2.05, 4.69) is 0 Å². The van der Waals surface area contributed by atoms with Crippen molar-refractivity contribution in [2.24, 2.45) is 0 Å². The van der Waals surface area contributed by atoms with E-state index in [-0.39, 0.29) is 19.2 Å². The molecule has 1 amide bonds. The molecule has 0 unspecified atom stereocenters. The van der Waals surface area contributed by atoms with E-state index in [0.717, 1.165) is 4.90 Å². The molecule has 2 atom stereocenters. The molecular weight excluding hydrogens is 162 g/mol. The highest BCUT2D eigenvalue weighted by atomic mass is 16.5. The van der Waals surface area contributed by atoms with Crippen molar-refractivity contribution >= 4 is 6.09 Å². The number of amides is 1. The third-order valence-electron chi connectivity index (χ3n) is 1.89. The van der Waals surface area contributed by atoms with Gasteiger partial charge in [0.15, 0.2) is 0 Å². The van der Waals surface area contributed by atoms with Crippen molar-refractivity contribution < 1.29 is 19.7 Å². The van der Waals surface area contributed by atoms with Crippen molar-refractivity contribution in [1.82, 2.24) is 4.90 Å². The first kappa shape index (κ1) is 9.28. The van der Waals surface area contributed by atoms with Gasteiger partial charge in [-0.15, -0.1) is 0 Å². The van der Waals surface area contributed by atoms with Crippen molar-refractivity contribution in [1.29, 1.82) is 0 Å². The molecule has 0 aromatic rings. The number of carbonyl (C=O) groups is 1. The second kappa shape index (κ2) is 3.73. The highest BCUT2D eigenvalue weighted by Crippen LogP contribution is 2.13. The fraction of sp³-hybridized carbons (Fsp3) is 0.857. The Kier molecular flexibility index (Phi) is 2.88. The predicted octanol–water partition coefficient (Wildman–Crippen LogP) is -0.254. The third-order valence-corrected chi connectivity index (χ3v) is 1.89. The minimum atomic E-state index is -1.00. The Bertz CT molecular complexity index is 173. The second-order valence-electron chi connectivity index (χ2n) is 2.75. The van der Waals surface area contributed by atoms with Crippen LogP contribution in [0.2, 0.25) is 0 Å². The monoisotopic (exact) mass is 175 g/mol. The van der Waals surface area contributed by atoms with Crippen LogP contribution in [0.15, 0.2) is 0 Å². The van der Waals surface area contributed by atoms with Gasteiger partial charge in [-0.2, -0.15) is 0 Å². The molecule has 0 radical (unpaired) electrons. The molecule has 1 aliphatic rings. The van der Waals surface area contributed by atoms with Gasteiger partial charge in [-0.05, 0) is 6.92 Å². The molecular formula is C7H13NO4. The van der Waals surface area contributed by atoms with Crippen molar-refractivity contribution in [2.45, 2.75) is 19.1 Å². The summed E-state index contributed by atoms with van der Waals surface area (Å²) in [6.45, 7) is 2.73. The van der Waals surface area contributed by atoms with E-state index in [1.165, 1.54) is 0 Å². The molecule has 12 heavy (non-hydrogen) atoms. The predicted molar refractivity (Wildman–Crippen MR) is 41.0 cm³/mol. The average molecular weight is 175 g/mol. The maximum absolute atomic E-state index is 10.5. The van der Waals surface area contributed by atoms with Gasteiger partial charge in [0.1, 0.15) is 6.10 Å². The third kappa shape index (κ3) is 1.86. The molecule has 0 aliphatic carbocycles. The van der Waals surface area contributed by atoms with Crippen molar-refractivity contribution in [3.8, 4) is 0 Å². The van der Waals surface area contributed by atoms with Crippen LogP contribution in [0, 0.1) is 0 Å². The SMILES string of the molecule is CCO[C@H]1CN(C(=O)O)C[C@@H]1O. The van der Waals surface area contributed by atoms with E-state index in [1.807, 2.05) is 6.92 Å². The number of rotatable bonds is 2. The van der Waals surface area contributed by atoms with Gasteiger partial charge in [0, 0.05) is 6.61 Å². The summed E-state index contributed by atoms with van der Waals surface area (Å²) >= 11 is 0. The Morgan fingerprint density at radius 2 is 2.33 bits per heavy atom. The van der Waals surface area contributed by atoms with Gasteiger partial charge in [0.25, 0.3) is 0 Å². The standard InChI is InChI=1S/C7H13NO4/c1-2-12-6-4-8(7(10)11)3-5(6)9/h5-6,9H,2-4H2,1H3,(H,10,11)/t5-,6-/m0/s1. The molecule has 0 saturated carbocycles. The molecule has 0 spiro atoms. The number of likely N-dealkylation sites (tertiary alicyclic amines) is 1. The van der Waals surface area contributed by atoms with Gasteiger partial charge >= 0.3 is 6.09 Å². The molecule has 5 heteroatoms. The van der Waals surface area contributed by atoms with Gasteiger partial charge < -0.3 is 19.8 Å². The lowest BCUT2D eigenvalue weighted by atomic mass is 10.3. The number of hydrogen-bond donors (Lipinski definition) is 2. The molecule has 0 aromatic carbocycles. The van der Waals surface area contributed by atoms with E-state index >= 15 is 0 Å². The maximum atomic E-state index is 10.5. The molecule has 1 rings (SSSR count). The maximum Gasteiger partial charge on any atom is 0.407 e. The van der Waals surface area contributed by atoms with Gasteiger partial charge in [0.2, 0.25) is 0 Å². The van der Waals surface area contributed by atoms with Crippen molar-refractivity contribution in [3.05, 3.63) is 0 Å². The fourth-order valence-corrected chi connectivity index (χ4v) is 1.29.